The van der Waals surface area contributed by atoms with Gasteiger partial charge < -0.3 is 5.32 Å². The molecule has 0 aromatic rings. The minimum absolute atomic E-state index is 0.0261. The van der Waals surface area contributed by atoms with E-state index in [1.54, 1.807) is 6.08 Å². The van der Waals surface area contributed by atoms with E-state index in [1.807, 2.05) is 13.0 Å². The molecule has 0 saturated heterocycles. The fourth-order valence-electron chi connectivity index (χ4n) is 3.08. The molecule has 2 heteroatoms. The van der Waals surface area contributed by atoms with E-state index in [2.05, 4.69) is 18.3 Å². The van der Waals surface area contributed by atoms with Crippen LogP contribution in [0.4, 0.5) is 0 Å². The number of rotatable bonds is 4. The smallest absolute Gasteiger partial charge is 0.243 e. The fourth-order valence-corrected chi connectivity index (χ4v) is 3.08. The summed E-state index contributed by atoms with van der Waals surface area (Å²) in [5, 5.41) is 2.78. The molecule has 0 heterocycles. The van der Waals surface area contributed by atoms with Crippen molar-refractivity contribution in [2.45, 2.75) is 33.1 Å². The zero-order chi connectivity index (χ0) is 11.5. The van der Waals surface area contributed by atoms with Crippen molar-refractivity contribution in [1.29, 1.82) is 0 Å². The van der Waals surface area contributed by atoms with Crippen molar-refractivity contribution in [3.05, 3.63) is 23.8 Å². The van der Waals surface area contributed by atoms with Crippen LogP contribution in [0.15, 0.2) is 23.8 Å². The van der Waals surface area contributed by atoms with Crippen LogP contribution in [-0.2, 0) is 4.79 Å². The average Bonchev–Trinajstić information content (AvgIpc) is 2.85. The Morgan fingerprint density at radius 2 is 2.31 bits per heavy atom. The van der Waals surface area contributed by atoms with Gasteiger partial charge in [0.25, 0.3) is 0 Å². The van der Waals surface area contributed by atoms with Crippen LogP contribution in [0.3, 0.4) is 0 Å². The van der Waals surface area contributed by atoms with Crippen molar-refractivity contribution in [3.8, 4) is 0 Å². The molecule has 1 amide bonds. The Hall–Kier alpha value is -1.05. The highest BCUT2D eigenvalue weighted by atomic mass is 16.1. The maximum atomic E-state index is 11.3. The van der Waals surface area contributed by atoms with Gasteiger partial charge in [-0.3, -0.25) is 4.79 Å². The second-order valence-corrected chi connectivity index (χ2v) is 4.90. The molecule has 0 aromatic carbocycles. The summed E-state index contributed by atoms with van der Waals surface area (Å²) in [4.78, 5) is 11.3. The van der Waals surface area contributed by atoms with Crippen LogP contribution in [-0.4, -0.2) is 12.5 Å². The Kier molecular flexibility index (Phi) is 3.47. The van der Waals surface area contributed by atoms with Gasteiger partial charge in [-0.25, -0.2) is 0 Å². The van der Waals surface area contributed by atoms with E-state index in [9.17, 15) is 4.79 Å². The minimum atomic E-state index is 0.0261. The maximum absolute atomic E-state index is 11.3. The van der Waals surface area contributed by atoms with E-state index >= 15 is 0 Å². The van der Waals surface area contributed by atoms with Crippen molar-refractivity contribution in [3.63, 3.8) is 0 Å². The van der Waals surface area contributed by atoms with E-state index in [0.29, 0.717) is 6.54 Å². The Labute approximate surface area is 97.8 Å². The summed E-state index contributed by atoms with van der Waals surface area (Å²) in [6, 6.07) is 0. The number of hydrogen-bond donors (Lipinski definition) is 1. The van der Waals surface area contributed by atoms with Crippen LogP contribution in [0.25, 0.3) is 0 Å². The lowest BCUT2D eigenvalue weighted by atomic mass is 9.88. The van der Waals surface area contributed by atoms with Gasteiger partial charge >= 0.3 is 0 Å². The van der Waals surface area contributed by atoms with Gasteiger partial charge in [-0.15, -0.1) is 0 Å². The third kappa shape index (κ3) is 2.21. The molecule has 3 unspecified atom stereocenters. The molecule has 2 rings (SSSR count). The summed E-state index contributed by atoms with van der Waals surface area (Å²) >= 11 is 0. The second-order valence-electron chi connectivity index (χ2n) is 4.90. The maximum Gasteiger partial charge on any atom is 0.243 e. The summed E-state index contributed by atoms with van der Waals surface area (Å²) in [5.41, 5.74) is 1.39. The molecule has 1 saturated carbocycles. The minimum Gasteiger partial charge on any atom is -0.353 e. The molecular weight excluding hydrogens is 198 g/mol. The predicted molar refractivity (Wildman–Crippen MR) is 65.9 cm³/mol. The Balaban J connectivity index is 1.94. The van der Waals surface area contributed by atoms with E-state index in [0.717, 1.165) is 17.8 Å². The van der Waals surface area contributed by atoms with Crippen molar-refractivity contribution < 1.29 is 4.79 Å². The molecular formula is C14H21NO. The van der Waals surface area contributed by atoms with Crippen LogP contribution in [0, 0.1) is 17.8 Å². The van der Waals surface area contributed by atoms with Crippen molar-refractivity contribution >= 4 is 5.91 Å². The van der Waals surface area contributed by atoms with Crippen LogP contribution in [0.5, 0.6) is 0 Å². The number of allylic oxidation sites excluding steroid dienone is 3. The van der Waals surface area contributed by atoms with E-state index < -0.39 is 0 Å². The van der Waals surface area contributed by atoms with Gasteiger partial charge in [-0.05, 0) is 43.1 Å². The highest BCUT2D eigenvalue weighted by Crippen LogP contribution is 2.48. The summed E-state index contributed by atoms with van der Waals surface area (Å²) in [6.45, 7) is 4.92. The van der Waals surface area contributed by atoms with E-state index in [-0.39, 0.29) is 5.91 Å². The molecule has 2 aliphatic rings. The SMILES string of the molecule is CCNC(=O)/C=C/C1=CC2CC1CC2CC. The van der Waals surface area contributed by atoms with Crippen LogP contribution >= 0.6 is 0 Å². The van der Waals surface area contributed by atoms with Gasteiger partial charge in [0.1, 0.15) is 0 Å². The Bertz CT molecular complexity index is 330. The van der Waals surface area contributed by atoms with Gasteiger partial charge in [0.15, 0.2) is 0 Å². The Morgan fingerprint density at radius 3 is 2.88 bits per heavy atom. The van der Waals surface area contributed by atoms with Crippen LogP contribution in [0.2, 0.25) is 0 Å². The van der Waals surface area contributed by atoms with Gasteiger partial charge in [0.2, 0.25) is 5.91 Å². The highest BCUT2D eigenvalue weighted by molar-refractivity contribution is 5.87. The lowest BCUT2D eigenvalue weighted by molar-refractivity contribution is -0.116. The molecule has 2 bridgehead atoms. The van der Waals surface area contributed by atoms with Crippen molar-refractivity contribution in [2.75, 3.05) is 6.54 Å². The third-order valence-corrected chi connectivity index (χ3v) is 3.93. The van der Waals surface area contributed by atoms with Gasteiger partial charge in [0.05, 0.1) is 0 Å². The summed E-state index contributed by atoms with van der Waals surface area (Å²) < 4.78 is 0. The van der Waals surface area contributed by atoms with Crippen molar-refractivity contribution in [1.82, 2.24) is 5.32 Å². The molecule has 0 spiro atoms. The second kappa shape index (κ2) is 4.86. The largest absolute Gasteiger partial charge is 0.353 e. The highest BCUT2D eigenvalue weighted by Gasteiger charge is 2.38. The molecule has 1 fully saturated rings. The molecule has 2 aliphatic carbocycles. The number of fused-ring (bicyclic) bond motifs is 2. The predicted octanol–water partition coefficient (Wildman–Crippen LogP) is 2.67. The number of likely N-dealkylation sites (N-methyl/N-ethyl adjacent to an activating group) is 1. The molecule has 88 valence electrons. The molecule has 16 heavy (non-hydrogen) atoms. The van der Waals surface area contributed by atoms with Gasteiger partial charge in [-0.1, -0.05) is 25.5 Å². The first-order chi connectivity index (χ1) is 7.74. The first-order valence-electron chi connectivity index (χ1n) is 6.42. The van der Waals surface area contributed by atoms with E-state index in [1.165, 1.54) is 24.8 Å². The van der Waals surface area contributed by atoms with Gasteiger partial charge in [-0.2, -0.15) is 0 Å². The lowest BCUT2D eigenvalue weighted by Gasteiger charge is -2.18. The monoisotopic (exact) mass is 219 g/mol. The molecule has 0 radical (unpaired) electrons. The fraction of sp³-hybridized carbons (Fsp3) is 0.643. The van der Waals surface area contributed by atoms with Crippen LogP contribution < -0.4 is 5.32 Å². The van der Waals surface area contributed by atoms with Gasteiger partial charge in [0, 0.05) is 12.6 Å². The molecule has 1 N–H and O–H groups in total. The van der Waals surface area contributed by atoms with E-state index in [4.69, 9.17) is 0 Å². The normalized spacial score (nSPS) is 32.1. The summed E-state index contributed by atoms with van der Waals surface area (Å²) in [7, 11) is 0. The number of hydrogen-bond acceptors (Lipinski definition) is 1. The lowest BCUT2D eigenvalue weighted by Crippen LogP contribution is -2.20. The Morgan fingerprint density at radius 1 is 1.50 bits per heavy atom. The summed E-state index contributed by atoms with van der Waals surface area (Å²) in [6.07, 6.45) is 10.0. The quantitative estimate of drug-likeness (QED) is 0.724. The number of nitrogens with one attached hydrogen (secondary N) is 1. The topological polar surface area (TPSA) is 29.1 Å². The van der Waals surface area contributed by atoms with Crippen LogP contribution in [0.1, 0.15) is 33.1 Å². The molecule has 0 aromatic heterocycles. The third-order valence-electron chi connectivity index (χ3n) is 3.93. The summed E-state index contributed by atoms with van der Waals surface area (Å²) in [5.74, 6) is 2.43. The molecule has 0 aliphatic heterocycles. The number of carbonyl (C=O) groups excluding carboxylic acids is 1. The molecule has 2 nitrogen and oxygen atoms in total. The molecule has 3 atom stereocenters. The number of amides is 1. The first-order valence-corrected chi connectivity index (χ1v) is 6.42. The first kappa shape index (κ1) is 11.4. The number of carbonyl (C=O) groups is 1. The zero-order valence-electron chi connectivity index (χ0n) is 10.2. The standard InChI is InChI=1S/C14H21NO/c1-3-10-7-13-9-12(10)8-11(13)5-6-14(16)15-4-2/h5-6,8,10,12-13H,3-4,7,9H2,1-2H3,(H,15,16)/b6-5+. The zero-order valence-corrected chi connectivity index (χ0v) is 10.2. The van der Waals surface area contributed by atoms with Crippen molar-refractivity contribution in [2.24, 2.45) is 17.8 Å². The average molecular weight is 219 g/mol.